The summed E-state index contributed by atoms with van der Waals surface area (Å²) < 4.78 is 23.8. The molecule has 0 aromatic heterocycles. The van der Waals surface area contributed by atoms with Crippen LogP contribution < -0.4 is 5.32 Å². The highest BCUT2D eigenvalue weighted by Gasteiger charge is 2.24. The highest BCUT2D eigenvalue weighted by atomic mass is 19.1. The minimum absolute atomic E-state index is 0.367. The van der Waals surface area contributed by atoms with Gasteiger partial charge >= 0.3 is 6.09 Å². The number of benzene rings is 1. The SMILES string of the molecule is CNC(=O)OC(C)C(OC)c1ccccc1F. The van der Waals surface area contributed by atoms with Gasteiger partial charge in [0.15, 0.2) is 0 Å². The Hall–Kier alpha value is -1.62. The van der Waals surface area contributed by atoms with E-state index < -0.39 is 18.3 Å². The lowest BCUT2D eigenvalue weighted by Crippen LogP contribution is -2.29. The average Bonchev–Trinajstić information content (AvgIpc) is 2.32. The van der Waals surface area contributed by atoms with E-state index in [1.54, 1.807) is 25.1 Å². The van der Waals surface area contributed by atoms with E-state index in [0.717, 1.165) is 0 Å². The van der Waals surface area contributed by atoms with Gasteiger partial charge in [0, 0.05) is 19.7 Å². The van der Waals surface area contributed by atoms with Crippen molar-refractivity contribution in [2.24, 2.45) is 0 Å². The lowest BCUT2D eigenvalue weighted by Gasteiger charge is -2.23. The Bertz CT molecular complexity index is 384. The van der Waals surface area contributed by atoms with Crippen LogP contribution in [-0.2, 0) is 9.47 Å². The molecule has 1 amide bonds. The van der Waals surface area contributed by atoms with Gasteiger partial charge in [0.1, 0.15) is 18.0 Å². The highest BCUT2D eigenvalue weighted by molar-refractivity contribution is 5.66. The van der Waals surface area contributed by atoms with Gasteiger partial charge in [-0.05, 0) is 13.0 Å². The average molecular weight is 241 g/mol. The molecule has 0 aliphatic heterocycles. The van der Waals surface area contributed by atoms with Crippen molar-refractivity contribution in [2.75, 3.05) is 14.2 Å². The number of ether oxygens (including phenoxy) is 2. The molecule has 17 heavy (non-hydrogen) atoms. The second-order valence-electron chi connectivity index (χ2n) is 3.54. The van der Waals surface area contributed by atoms with Gasteiger partial charge < -0.3 is 14.8 Å². The van der Waals surface area contributed by atoms with Crippen LogP contribution in [-0.4, -0.2) is 26.4 Å². The minimum atomic E-state index is -0.631. The first-order valence-corrected chi connectivity index (χ1v) is 5.25. The molecule has 0 heterocycles. The molecule has 0 aliphatic carbocycles. The Morgan fingerprint density at radius 1 is 1.41 bits per heavy atom. The Kier molecular flexibility index (Phi) is 4.90. The second kappa shape index (κ2) is 6.20. The van der Waals surface area contributed by atoms with Gasteiger partial charge in [-0.3, -0.25) is 0 Å². The van der Waals surface area contributed by atoms with Crippen LogP contribution in [0.2, 0.25) is 0 Å². The van der Waals surface area contributed by atoms with Gasteiger partial charge in [0.25, 0.3) is 0 Å². The van der Waals surface area contributed by atoms with Crippen molar-refractivity contribution in [3.05, 3.63) is 35.6 Å². The Balaban J connectivity index is 2.84. The third kappa shape index (κ3) is 3.42. The number of carbonyl (C=O) groups excluding carboxylic acids is 1. The second-order valence-corrected chi connectivity index (χ2v) is 3.54. The maximum absolute atomic E-state index is 13.6. The molecule has 1 rings (SSSR count). The molecule has 5 heteroatoms. The van der Waals surface area contributed by atoms with Crippen LogP contribution in [0.3, 0.4) is 0 Å². The van der Waals surface area contributed by atoms with Crippen LogP contribution in [0.4, 0.5) is 9.18 Å². The first kappa shape index (κ1) is 13.4. The first-order chi connectivity index (χ1) is 8.10. The van der Waals surface area contributed by atoms with Crippen LogP contribution in [0.15, 0.2) is 24.3 Å². The molecule has 4 nitrogen and oxygen atoms in total. The van der Waals surface area contributed by atoms with Gasteiger partial charge in [-0.2, -0.15) is 0 Å². The predicted octanol–water partition coefficient (Wildman–Crippen LogP) is 2.26. The number of methoxy groups -OCH3 is 1. The maximum Gasteiger partial charge on any atom is 0.407 e. The molecule has 0 fully saturated rings. The summed E-state index contributed by atoms with van der Waals surface area (Å²) in [4.78, 5) is 11.1. The van der Waals surface area contributed by atoms with E-state index in [1.807, 2.05) is 0 Å². The summed E-state index contributed by atoms with van der Waals surface area (Å²) in [5.41, 5.74) is 0.367. The van der Waals surface area contributed by atoms with Gasteiger partial charge in [-0.1, -0.05) is 18.2 Å². The number of amides is 1. The molecule has 1 aromatic carbocycles. The van der Waals surface area contributed by atoms with Crippen molar-refractivity contribution in [1.29, 1.82) is 0 Å². The van der Waals surface area contributed by atoms with Crippen molar-refractivity contribution in [3.63, 3.8) is 0 Å². The first-order valence-electron chi connectivity index (χ1n) is 5.25. The van der Waals surface area contributed by atoms with Crippen molar-refractivity contribution >= 4 is 6.09 Å². The summed E-state index contributed by atoms with van der Waals surface area (Å²) in [6.45, 7) is 1.65. The maximum atomic E-state index is 13.6. The van der Waals surface area contributed by atoms with Gasteiger partial charge in [0.05, 0.1) is 0 Å². The fourth-order valence-electron chi connectivity index (χ4n) is 1.57. The molecule has 0 radical (unpaired) electrons. The van der Waals surface area contributed by atoms with E-state index in [1.165, 1.54) is 20.2 Å². The highest BCUT2D eigenvalue weighted by Crippen LogP contribution is 2.25. The van der Waals surface area contributed by atoms with E-state index in [9.17, 15) is 9.18 Å². The minimum Gasteiger partial charge on any atom is -0.443 e. The van der Waals surface area contributed by atoms with Crippen LogP contribution in [0.1, 0.15) is 18.6 Å². The van der Waals surface area contributed by atoms with Crippen molar-refractivity contribution in [1.82, 2.24) is 5.32 Å². The fourth-order valence-corrected chi connectivity index (χ4v) is 1.57. The van der Waals surface area contributed by atoms with Gasteiger partial charge in [-0.25, -0.2) is 9.18 Å². The Labute approximate surface area is 99.7 Å². The summed E-state index contributed by atoms with van der Waals surface area (Å²) in [5.74, 6) is -0.383. The summed E-state index contributed by atoms with van der Waals surface area (Å²) in [5, 5.41) is 2.33. The largest absolute Gasteiger partial charge is 0.443 e. The van der Waals surface area contributed by atoms with Crippen molar-refractivity contribution in [2.45, 2.75) is 19.1 Å². The molecular formula is C12H16FNO3. The molecule has 0 saturated heterocycles. The van der Waals surface area contributed by atoms with Gasteiger partial charge in [-0.15, -0.1) is 0 Å². The van der Waals surface area contributed by atoms with E-state index in [2.05, 4.69) is 5.32 Å². The standard InChI is InChI=1S/C12H16FNO3/c1-8(17-12(15)14-2)11(16-3)9-6-4-5-7-10(9)13/h4-8,11H,1-3H3,(H,14,15). The normalized spacial score (nSPS) is 13.9. The molecule has 0 spiro atoms. The smallest absolute Gasteiger partial charge is 0.407 e. The summed E-state index contributed by atoms with van der Waals surface area (Å²) in [6, 6.07) is 6.24. The van der Waals surface area contributed by atoms with Crippen molar-refractivity contribution in [3.8, 4) is 0 Å². The number of hydrogen-bond acceptors (Lipinski definition) is 3. The third-order valence-electron chi connectivity index (χ3n) is 2.39. The van der Waals surface area contributed by atoms with E-state index in [-0.39, 0.29) is 5.82 Å². The summed E-state index contributed by atoms with van der Waals surface area (Å²) >= 11 is 0. The molecule has 2 atom stereocenters. The number of alkyl carbamates (subject to hydrolysis) is 1. The van der Waals surface area contributed by atoms with Crippen LogP contribution in [0, 0.1) is 5.82 Å². The van der Waals surface area contributed by atoms with E-state index in [4.69, 9.17) is 9.47 Å². The summed E-state index contributed by atoms with van der Waals surface area (Å²) in [7, 11) is 2.90. The molecule has 2 unspecified atom stereocenters. The van der Waals surface area contributed by atoms with E-state index >= 15 is 0 Å². The molecule has 1 N–H and O–H groups in total. The zero-order chi connectivity index (χ0) is 12.8. The third-order valence-corrected chi connectivity index (χ3v) is 2.39. The predicted molar refractivity (Wildman–Crippen MR) is 61.2 cm³/mol. The van der Waals surface area contributed by atoms with Gasteiger partial charge in [0.2, 0.25) is 0 Å². The zero-order valence-electron chi connectivity index (χ0n) is 10.1. The quantitative estimate of drug-likeness (QED) is 0.879. The fraction of sp³-hybridized carbons (Fsp3) is 0.417. The number of rotatable bonds is 4. The van der Waals surface area contributed by atoms with Crippen LogP contribution in [0.5, 0.6) is 0 Å². The van der Waals surface area contributed by atoms with E-state index in [0.29, 0.717) is 5.56 Å². The Morgan fingerprint density at radius 3 is 2.59 bits per heavy atom. The molecule has 94 valence electrons. The molecule has 0 saturated carbocycles. The number of nitrogens with one attached hydrogen (secondary N) is 1. The lowest BCUT2D eigenvalue weighted by molar-refractivity contribution is -0.0160. The molecule has 1 aromatic rings. The topological polar surface area (TPSA) is 47.6 Å². The monoisotopic (exact) mass is 241 g/mol. The van der Waals surface area contributed by atoms with Crippen LogP contribution in [0.25, 0.3) is 0 Å². The molecule has 0 aliphatic rings. The summed E-state index contributed by atoms with van der Waals surface area (Å²) in [6.07, 6.45) is -1.79. The van der Waals surface area contributed by atoms with Crippen LogP contribution >= 0.6 is 0 Å². The molecule has 0 bridgehead atoms. The lowest BCUT2D eigenvalue weighted by atomic mass is 10.0. The number of carbonyl (C=O) groups is 1. The number of halogens is 1. The number of hydrogen-bond donors (Lipinski definition) is 1. The molecular weight excluding hydrogens is 225 g/mol. The Morgan fingerprint density at radius 2 is 2.06 bits per heavy atom. The van der Waals surface area contributed by atoms with Crippen molar-refractivity contribution < 1.29 is 18.7 Å². The zero-order valence-corrected chi connectivity index (χ0v) is 10.1.